The molecule has 1 aliphatic rings. The minimum absolute atomic E-state index is 0.479. The van der Waals surface area contributed by atoms with Gasteiger partial charge in [-0.25, -0.2) is 4.98 Å². The fraction of sp³-hybridized carbons (Fsp3) is 0.464. The first-order chi connectivity index (χ1) is 18.5. The second-order valence-corrected chi connectivity index (χ2v) is 11.8. The largest absolute Gasteiger partial charge is 0.495 e. The molecule has 0 amide bonds. The van der Waals surface area contributed by atoms with E-state index < -0.39 is 5.60 Å². The average molecular weight is 551 g/mol. The summed E-state index contributed by atoms with van der Waals surface area (Å²) >= 11 is 1.58. The number of hydrogen-bond donors (Lipinski definition) is 3. The van der Waals surface area contributed by atoms with Crippen LogP contribution in [0.15, 0.2) is 29.6 Å². The summed E-state index contributed by atoms with van der Waals surface area (Å²) in [5.41, 5.74) is 2.73. The van der Waals surface area contributed by atoms with Gasteiger partial charge in [0.1, 0.15) is 22.0 Å². The topological polar surface area (TPSA) is 104 Å². The quantitative estimate of drug-likeness (QED) is 0.280. The number of aromatic nitrogens is 4. The SMILES string of the molecule is COc1cc(Nc2nc(Nc3cc(C(C)(C)O)n(C)n3)c3c(C)csc3n2)ccc1N1CCC(N(C)C)CC1. The molecule has 39 heavy (non-hydrogen) atoms. The van der Waals surface area contributed by atoms with E-state index in [4.69, 9.17) is 14.7 Å². The predicted molar refractivity (Wildman–Crippen MR) is 159 cm³/mol. The van der Waals surface area contributed by atoms with Crippen molar-refractivity contribution in [2.75, 3.05) is 49.8 Å². The number of nitrogens with zero attached hydrogens (tertiary/aromatic N) is 6. The van der Waals surface area contributed by atoms with Gasteiger partial charge in [0.2, 0.25) is 5.95 Å². The van der Waals surface area contributed by atoms with Crippen molar-refractivity contribution in [1.29, 1.82) is 0 Å². The number of ether oxygens (including phenoxy) is 1. The van der Waals surface area contributed by atoms with Crippen molar-refractivity contribution in [2.45, 2.75) is 45.3 Å². The molecule has 0 bridgehead atoms. The molecule has 4 aromatic rings. The van der Waals surface area contributed by atoms with E-state index in [1.165, 1.54) is 0 Å². The lowest BCUT2D eigenvalue weighted by Gasteiger charge is -2.37. The zero-order valence-corrected chi connectivity index (χ0v) is 24.6. The second-order valence-electron chi connectivity index (χ2n) is 10.9. The Morgan fingerprint density at radius 2 is 1.87 bits per heavy atom. The van der Waals surface area contributed by atoms with Gasteiger partial charge in [-0.1, -0.05) is 0 Å². The number of aryl methyl sites for hydroxylation is 2. The van der Waals surface area contributed by atoms with Gasteiger partial charge in [0.05, 0.1) is 23.9 Å². The smallest absolute Gasteiger partial charge is 0.230 e. The highest BCUT2D eigenvalue weighted by Crippen LogP contribution is 2.36. The standard InChI is InChI=1S/C28H38N8O2S/c1-17-16-39-26-24(17)25(30-23-15-22(28(2,3)37)35(6)33-23)31-27(32-26)29-18-8-9-20(21(14-18)38-7)36-12-10-19(11-13-36)34(4)5/h8-9,14-16,19,37H,10-13H2,1-7H3,(H2,29,30,31,32,33). The average Bonchev–Trinajstić information content (AvgIpc) is 3.46. The summed E-state index contributed by atoms with van der Waals surface area (Å²) in [4.78, 5) is 15.2. The maximum absolute atomic E-state index is 10.5. The van der Waals surface area contributed by atoms with Crippen LogP contribution in [0.4, 0.5) is 29.0 Å². The first kappa shape index (κ1) is 27.2. The van der Waals surface area contributed by atoms with Crippen LogP contribution >= 0.6 is 11.3 Å². The normalized spacial score (nSPS) is 14.8. The van der Waals surface area contributed by atoms with Crippen LogP contribution in [0.1, 0.15) is 37.9 Å². The molecular weight excluding hydrogens is 512 g/mol. The molecule has 11 heteroatoms. The van der Waals surface area contributed by atoms with Gasteiger partial charge in [0.15, 0.2) is 5.82 Å². The summed E-state index contributed by atoms with van der Waals surface area (Å²) in [6.45, 7) is 7.54. The molecule has 0 spiro atoms. The maximum atomic E-state index is 10.5. The first-order valence-electron chi connectivity index (χ1n) is 13.2. The van der Waals surface area contributed by atoms with Crippen LogP contribution in [-0.4, -0.2) is 70.1 Å². The summed E-state index contributed by atoms with van der Waals surface area (Å²) in [6, 6.07) is 8.62. The number of aliphatic hydroxyl groups is 1. The van der Waals surface area contributed by atoms with Crippen molar-refractivity contribution in [3.8, 4) is 5.75 Å². The van der Waals surface area contributed by atoms with Crippen molar-refractivity contribution in [2.24, 2.45) is 7.05 Å². The van der Waals surface area contributed by atoms with Gasteiger partial charge in [-0.05, 0) is 70.8 Å². The third kappa shape index (κ3) is 5.66. The summed E-state index contributed by atoms with van der Waals surface area (Å²) < 4.78 is 7.47. The van der Waals surface area contributed by atoms with Crippen LogP contribution in [0.5, 0.6) is 5.75 Å². The summed E-state index contributed by atoms with van der Waals surface area (Å²) in [7, 11) is 7.84. The number of benzene rings is 1. The monoisotopic (exact) mass is 550 g/mol. The summed E-state index contributed by atoms with van der Waals surface area (Å²) in [5.74, 6) is 2.57. The number of anilines is 5. The lowest BCUT2D eigenvalue weighted by atomic mass is 10.0. The molecule has 1 saturated heterocycles. The van der Waals surface area contributed by atoms with E-state index >= 15 is 0 Å². The highest BCUT2D eigenvalue weighted by molar-refractivity contribution is 7.17. The van der Waals surface area contributed by atoms with Crippen molar-refractivity contribution >= 4 is 50.5 Å². The van der Waals surface area contributed by atoms with Crippen molar-refractivity contribution in [1.82, 2.24) is 24.6 Å². The predicted octanol–water partition coefficient (Wildman–Crippen LogP) is 4.99. The van der Waals surface area contributed by atoms with Crippen molar-refractivity contribution in [3.63, 3.8) is 0 Å². The number of piperidine rings is 1. The zero-order valence-electron chi connectivity index (χ0n) is 23.7. The Morgan fingerprint density at radius 3 is 2.51 bits per heavy atom. The first-order valence-corrected chi connectivity index (χ1v) is 14.1. The molecule has 1 aromatic carbocycles. The molecular formula is C28H38N8O2S. The number of hydrogen-bond acceptors (Lipinski definition) is 10. The van der Waals surface area contributed by atoms with E-state index in [2.05, 4.69) is 51.1 Å². The molecule has 1 fully saturated rings. The molecule has 0 aliphatic carbocycles. The van der Waals surface area contributed by atoms with Crippen LogP contribution in [0.2, 0.25) is 0 Å². The van der Waals surface area contributed by atoms with Gasteiger partial charge in [0, 0.05) is 44.0 Å². The van der Waals surface area contributed by atoms with Crippen LogP contribution in [0.25, 0.3) is 10.2 Å². The van der Waals surface area contributed by atoms with Gasteiger partial charge in [0.25, 0.3) is 0 Å². The number of nitrogens with one attached hydrogen (secondary N) is 2. The molecule has 0 saturated carbocycles. The molecule has 0 atom stereocenters. The number of methoxy groups -OCH3 is 1. The highest BCUT2D eigenvalue weighted by Gasteiger charge is 2.24. The molecule has 208 valence electrons. The van der Waals surface area contributed by atoms with Crippen molar-refractivity contribution < 1.29 is 9.84 Å². The molecule has 4 heterocycles. The molecule has 0 unspecified atom stereocenters. The Labute approximate surface area is 233 Å². The number of rotatable bonds is 8. The van der Waals surface area contributed by atoms with E-state index in [0.717, 1.165) is 58.8 Å². The van der Waals surface area contributed by atoms with Crippen LogP contribution in [0, 0.1) is 6.92 Å². The zero-order chi connectivity index (χ0) is 27.9. The third-order valence-corrected chi connectivity index (χ3v) is 8.33. The van der Waals surface area contributed by atoms with Gasteiger partial charge in [-0.15, -0.1) is 11.3 Å². The summed E-state index contributed by atoms with van der Waals surface area (Å²) in [6.07, 6.45) is 2.27. The molecule has 3 aromatic heterocycles. The molecule has 10 nitrogen and oxygen atoms in total. The van der Waals surface area contributed by atoms with E-state index in [1.54, 1.807) is 37.0 Å². The van der Waals surface area contributed by atoms with E-state index in [1.807, 2.05) is 32.2 Å². The Bertz CT molecular complexity index is 1460. The Kier molecular flexibility index (Phi) is 7.41. The highest BCUT2D eigenvalue weighted by atomic mass is 32.1. The summed E-state index contributed by atoms with van der Waals surface area (Å²) in [5, 5.41) is 24.8. The van der Waals surface area contributed by atoms with E-state index in [0.29, 0.717) is 29.3 Å². The van der Waals surface area contributed by atoms with Crippen LogP contribution in [-0.2, 0) is 12.6 Å². The van der Waals surface area contributed by atoms with Gasteiger partial charge in [-0.3, -0.25) is 4.68 Å². The van der Waals surface area contributed by atoms with Gasteiger partial charge in [-0.2, -0.15) is 10.1 Å². The molecule has 5 rings (SSSR count). The van der Waals surface area contributed by atoms with E-state index in [-0.39, 0.29) is 0 Å². The molecule has 1 aliphatic heterocycles. The lowest BCUT2D eigenvalue weighted by Crippen LogP contribution is -2.42. The lowest BCUT2D eigenvalue weighted by molar-refractivity contribution is 0.0696. The van der Waals surface area contributed by atoms with E-state index in [9.17, 15) is 5.11 Å². The van der Waals surface area contributed by atoms with Gasteiger partial charge >= 0.3 is 0 Å². The minimum Gasteiger partial charge on any atom is -0.495 e. The Morgan fingerprint density at radius 1 is 1.13 bits per heavy atom. The third-order valence-electron chi connectivity index (χ3n) is 7.34. The molecule has 0 radical (unpaired) electrons. The number of thiophene rings is 1. The van der Waals surface area contributed by atoms with Crippen LogP contribution < -0.4 is 20.3 Å². The second kappa shape index (κ2) is 10.6. The fourth-order valence-corrected chi connectivity index (χ4v) is 6.14. The Balaban J connectivity index is 1.41. The van der Waals surface area contributed by atoms with Crippen molar-refractivity contribution in [3.05, 3.63) is 40.9 Å². The Hall–Kier alpha value is -3.41. The van der Waals surface area contributed by atoms with Crippen LogP contribution in [0.3, 0.4) is 0 Å². The maximum Gasteiger partial charge on any atom is 0.230 e. The number of fused-ring (bicyclic) bond motifs is 1. The fourth-order valence-electron chi connectivity index (χ4n) is 5.22. The van der Waals surface area contributed by atoms with Gasteiger partial charge < -0.3 is 30.3 Å². The molecule has 3 N–H and O–H groups in total. The minimum atomic E-state index is -1.01.